The zero-order valence-electron chi connectivity index (χ0n) is 13.1. The third kappa shape index (κ3) is 4.52. The van der Waals surface area contributed by atoms with Gasteiger partial charge in [-0.05, 0) is 30.9 Å². The van der Waals surface area contributed by atoms with Crippen LogP contribution in [0.2, 0.25) is 0 Å². The Kier molecular flexibility index (Phi) is 4.56. The average Bonchev–Trinajstić information content (AvgIpc) is 3.48. The number of pyridine rings is 1. The van der Waals surface area contributed by atoms with Gasteiger partial charge in [0.05, 0.1) is 5.56 Å². The topological polar surface area (TPSA) is 78.7 Å². The molecule has 6 heteroatoms. The van der Waals surface area contributed by atoms with E-state index in [0.29, 0.717) is 24.9 Å². The van der Waals surface area contributed by atoms with Crippen molar-refractivity contribution in [2.75, 3.05) is 18.4 Å². The van der Waals surface area contributed by atoms with Crippen LogP contribution >= 0.6 is 0 Å². The van der Waals surface area contributed by atoms with Gasteiger partial charge in [0.1, 0.15) is 5.82 Å². The van der Waals surface area contributed by atoms with Gasteiger partial charge in [-0.2, -0.15) is 10.2 Å². The Bertz CT molecular complexity index is 621. The minimum atomic E-state index is -0.353. The van der Waals surface area contributed by atoms with E-state index in [4.69, 9.17) is 6.42 Å². The molecule has 0 spiro atoms. The van der Waals surface area contributed by atoms with E-state index in [0.717, 1.165) is 24.7 Å². The molecule has 1 aliphatic heterocycles. The summed E-state index contributed by atoms with van der Waals surface area (Å²) < 4.78 is 0. The Morgan fingerprint density at radius 3 is 2.78 bits per heavy atom. The molecule has 0 bridgehead atoms. The Morgan fingerprint density at radius 2 is 2.17 bits per heavy atom. The van der Waals surface area contributed by atoms with Crippen LogP contribution in [0.15, 0.2) is 28.6 Å². The smallest absolute Gasteiger partial charge is 0.252 e. The molecule has 1 aliphatic carbocycles. The van der Waals surface area contributed by atoms with Crippen LogP contribution in [-0.2, 0) is 0 Å². The van der Waals surface area contributed by atoms with Crippen LogP contribution in [0.3, 0.4) is 0 Å². The summed E-state index contributed by atoms with van der Waals surface area (Å²) in [5, 5.41) is 14.3. The van der Waals surface area contributed by atoms with Crippen molar-refractivity contribution >= 4 is 11.7 Å². The van der Waals surface area contributed by atoms with Gasteiger partial charge >= 0.3 is 0 Å². The molecular formula is C17H21N5O. The molecule has 0 atom stereocenters. The lowest BCUT2D eigenvalue weighted by atomic mass is 10.0. The number of anilines is 1. The fraction of sp³-hybridized carbons (Fsp3) is 0.529. The Balaban J connectivity index is 1.40. The highest BCUT2D eigenvalue weighted by Gasteiger charge is 2.38. The summed E-state index contributed by atoms with van der Waals surface area (Å²) in [7, 11) is 0. The molecule has 0 unspecified atom stereocenters. The summed E-state index contributed by atoms with van der Waals surface area (Å²) in [5.41, 5.74) is 0.207. The third-order valence-electron chi connectivity index (χ3n) is 4.16. The maximum atomic E-state index is 12.1. The highest BCUT2D eigenvalue weighted by molar-refractivity contribution is 5.94. The number of rotatable bonds is 9. The van der Waals surface area contributed by atoms with Gasteiger partial charge < -0.3 is 10.6 Å². The lowest BCUT2D eigenvalue weighted by molar-refractivity contribution is 0.0951. The minimum Gasteiger partial charge on any atom is -0.370 e. The molecule has 1 aromatic rings. The van der Waals surface area contributed by atoms with Crippen LogP contribution in [-0.4, -0.2) is 29.6 Å². The quantitative estimate of drug-likeness (QED) is 0.688. The predicted molar refractivity (Wildman–Crippen MR) is 88.1 cm³/mol. The van der Waals surface area contributed by atoms with Gasteiger partial charge in [-0.1, -0.05) is 0 Å². The second-order valence-corrected chi connectivity index (χ2v) is 6.15. The zero-order valence-corrected chi connectivity index (χ0v) is 13.1. The number of carbonyl (C=O) groups excluding carboxylic acids is 1. The first-order valence-corrected chi connectivity index (χ1v) is 8.06. The maximum Gasteiger partial charge on any atom is 0.252 e. The Morgan fingerprint density at radius 1 is 1.35 bits per heavy atom. The highest BCUT2D eigenvalue weighted by Crippen LogP contribution is 2.36. The van der Waals surface area contributed by atoms with E-state index < -0.39 is 0 Å². The van der Waals surface area contributed by atoms with E-state index >= 15 is 0 Å². The van der Waals surface area contributed by atoms with Gasteiger partial charge in [0, 0.05) is 38.5 Å². The van der Waals surface area contributed by atoms with E-state index in [1.807, 2.05) is 6.07 Å². The van der Waals surface area contributed by atoms with E-state index in [-0.39, 0.29) is 11.6 Å². The van der Waals surface area contributed by atoms with Gasteiger partial charge in [0.15, 0.2) is 5.66 Å². The van der Waals surface area contributed by atoms with Gasteiger partial charge in [-0.15, -0.1) is 12.3 Å². The van der Waals surface area contributed by atoms with Crippen molar-refractivity contribution in [3.63, 3.8) is 0 Å². The largest absolute Gasteiger partial charge is 0.370 e. The number of hydrogen-bond acceptors (Lipinski definition) is 5. The Labute approximate surface area is 136 Å². The van der Waals surface area contributed by atoms with Gasteiger partial charge in [-0.25, -0.2) is 4.98 Å². The Hall–Kier alpha value is -2.42. The number of carbonyl (C=O) groups is 1. The van der Waals surface area contributed by atoms with Crippen molar-refractivity contribution in [2.24, 2.45) is 16.1 Å². The van der Waals surface area contributed by atoms with Crippen molar-refractivity contribution in [3.8, 4) is 12.3 Å². The van der Waals surface area contributed by atoms with Gasteiger partial charge in [0.25, 0.3) is 5.91 Å². The predicted octanol–water partition coefficient (Wildman–Crippen LogP) is 2.60. The number of aromatic nitrogens is 1. The second-order valence-electron chi connectivity index (χ2n) is 6.15. The monoisotopic (exact) mass is 311 g/mol. The van der Waals surface area contributed by atoms with Crippen LogP contribution < -0.4 is 10.6 Å². The molecule has 23 heavy (non-hydrogen) atoms. The number of nitrogens with zero attached hydrogens (tertiary/aromatic N) is 3. The molecule has 1 amide bonds. The summed E-state index contributed by atoms with van der Waals surface area (Å²) in [5.74, 6) is 4.08. The van der Waals surface area contributed by atoms with Gasteiger partial charge in [-0.3, -0.25) is 4.79 Å². The summed E-state index contributed by atoms with van der Waals surface area (Å²) in [4.78, 5) is 16.4. The standard InChI is InChI=1S/C17H21N5O/c1-2-3-8-17(21-22-17)9-10-18-16(23)14-6-7-15(20-12-14)19-11-13-4-5-13/h1,6-7,12-13H,3-5,8-11H2,(H,18,23)(H,19,20). The second kappa shape index (κ2) is 6.78. The molecule has 3 rings (SSSR count). The van der Waals surface area contributed by atoms with Crippen molar-refractivity contribution in [2.45, 2.75) is 37.8 Å². The molecule has 2 aliphatic rings. The van der Waals surface area contributed by atoms with E-state index in [1.165, 1.54) is 12.8 Å². The number of amides is 1. The highest BCUT2D eigenvalue weighted by atomic mass is 16.1. The zero-order chi connectivity index (χ0) is 16.1. The van der Waals surface area contributed by atoms with Crippen LogP contribution in [0.5, 0.6) is 0 Å². The first-order chi connectivity index (χ1) is 11.2. The first kappa shape index (κ1) is 15.5. The van der Waals surface area contributed by atoms with Gasteiger partial charge in [0.2, 0.25) is 0 Å². The SMILES string of the molecule is C#CCCC1(CCNC(=O)c2ccc(NCC3CC3)nc2)N=N1. The fourth-order valence-electron chi connectivity index (χ4n) is 2.35. The molecule has 6 nitrogen and oxygen atoms in total. The van der Waals surface area contributed by atoms with E-state index in [1.54, 1.807) is 12.3 Å². The fourth-order valence-corrected chi connectivity index (χ4v) is 2.35. The number of terminal acetylenes is 1. The molecule has 2 N–H and O–H groups in total. The van der Waals surface area contributed by atoms with Crippen LogP contribution in [0.4, 0.5) is 5.82 Å². The normalized spacial score (nSPS) is 17.3. The van der Waals surface area contributed by atoms with E-state index in [2.05, 4.69) is 31.8 Å². The maximum absolute atomic E-state index is 12.1. The molecule has 0 aromatic carbocycles. The number of nitrogens with one attached hydrogen (secondary N) is 2. The molecule has 1 fully saturated rings. The van der Waals surface area contributed by atoms with Crippen molar-refractivity contribution in [3.05, 3.63) is 23.9 Å². The number of hydrogen-bond donors (Lipinski definition) is 2. The molecular weight excluding hydrogens is 290 g/mol. The van der Waals surface area contributed by atoms with Crippen molar-refractivity contribution in [1.82, 2.24) is 10.3 Å². The van der Waals surface area contributed by atoms with Crippen LogP contribution in [0.25, 0.3) is 0 Å². The molecule has 1 saturated carbocycles. The lowest BCUT2D eigenvalue weighted by Crippen LogP contribution is -2.28. The minimum absolute atomic E-state index is 0.126. The van der Waals surface area contributed by atoms with E-state index in [9.17, 15) is 4.79 Å². The van der Waals surface area contributed by atoms with Crippen LogP contribution in [0.1, 0.15) is 42.5 Å². The molecule has 0 radical (unpaired) electrons. The average molecular weight is 311 g/mol. The van der Waals surface area contributed by atoms with Crippen LogP contribution in [0, 0.1) is 18.3 Å². The molecule has 2 heterocycles. The first-order valence-electron chi connectivity index (χ1n) is 8.06. The summed E-state index contributed by atoms with van der Waals surface area (Å²) in [6.07, 6.45) is 11.6. The summed E-state index contributed by atoms with van der Waals surface area (Å²) in [6, 6.07) is 3.63. The third-order valence-corrected chi connectivity index (χ3v) is 4.16. The summed E-state index contributed by atoms with van der Waals surface area (Å²) in [6.45, 7) is 1.49. The molecule has 1 aromatic heterocycles. The van der Waals surface area contributed by atoms with Crippen molar-refractivity contribution < 1.29 is 4.79 Å². The molecule has 120 valence electrons. The lowest BCUT2D eigenvalue weighted by Gasteiger charge is -2.10. The molecule has 0 saturated heterocycles. The summed E-state index contributed by atoms with van der Waals surface area (Å²) >= 11 is 0. The van der Waals surface area contributed by atoms with Crippen molar-refractivity contribution in [1.29, 1.82) is 0 Å².